The summed E-state index contributed by atoms with van der Waals surface area (Å²) < 4.78 is 5.25. The Labute approximate surface area is 237 Å². The number of hydrogen-bond donors (Lipinski definition) is 8. The van der Waals surface area contributed by atoms with Crippen molar-refractivity contribution in [1.82, 2.24) is 21.3 Å². The molecule has 1 heterocycles. The molecule has 0 spiro atoms. The first-order valence-corrected chi connectivity index (χ1v) is 13.2. The molecule has 14 heteroatoms. The monoisotopic (exact) mass is 573 g/mol. The molecule has 3 atom stereocenters. The van der Waals surface area contributed by atoms with Gasteiger partial charge in [-0.2, -0.15) is 0 Å². The van der Waals surface area contributed by atoms with E-state index in [1.54, 1.807) is 46.8 Å². The van der Waals surface area contributed by atoms with Crippen LogP contribution in [0.25, 0.3) is 11.0 Å². The van der Waals surface area contributed by atoms with Gasteiger partial charge in [0, 0.05) is 29.8 Å². The van der Waals surface area contributed by atoms with Crippen LogP contribution in [0.2, 0.25) is 0 Å². The Hall–Kier alpha value is -4.62. The molecule has 4 amide bonds. The van der Waals surface area contributed by atoms with Gasteiger partial charge in [-0.3, -0.25) is 19.8 Å². The molecule has 14 nitrogen and oxygen atoms in total. The van der Waals surface area contributed by atoms with Gasteiger partial charge >= 0.3 is 11.7 Å². The Balaban J connectivity index is 2.25. The van der Waals surface area contributed by atoms with Gasteiger partial charge in [0.15, 0.2) is 5.96 Å². The highest BCUT2D eigenvalue weighted by atomic mass is 16.4. The third-order valence-corrected chi connectivity index (χ3v) is 6.31. The van der Waals surface area contributed by atoms with E-state index >= 15 is 0 Å². The van der Waals surface area contributed by atoms with Crippen LogP contribution in [-0.2, 0) is 14.4 Å². The standard InChI is InChI=1S/C27H39N7O7/c1-13(2)21(33-25(38)22(14(3)4)34-27(39)40)24(37)32-18(7-6-10-30-26(28)29)23(36)31-16-8-9-17-15(5)11-20(35)41-19(17)12-16/h8-9,11-14,18,21-22,34H,6-7,10H2,1-5H3,(H,31,36)(H,32,37)(H,33,38)(H,39,40)(H4,28,29,30)/t18-,21-,22-/m0/s1. The molecule has 0 saturated heterocycles. The van der Waals surface area contributed by atoms with Crippen LogP contribution in [0.4, 0.5) is 10.5 Å². The Bertz CT molecular complexity index is 1340. The quantitative estimate of drug-likeness (QED) is 0.0744. The number of carboxylic acid groups (broad SMARTS) is 1. The van der Waals surface area contributed by atoms with Gasteiger partial charge in [-0.1, -0.05) is 27.7 Å². The van der Waals surface area contributed by atoms with E-state index < -0.39 is 53.5 Å². The molecule has 9 N–H and O–H groups in total. The van der Waals surface area contributed by atoms with Crippen molar-refractivity contribution in [3.05, 3.63) is 40.2 Å². The average molecular weight is 574 g/mol. The molecule has 224 valence electrons. The van der Waals surface area contributed by atoms with Crippen LogP contribution in [0.3, 0.4) is 0 Å². The number of aryl methyl sites for hydroxylation is 1. The molecule has 1 aromatic carbocycles. The lowest BCUT2D eigenvalue weighted by molar-refractivity contribution is -0.133. The first-order valence-electron chi connectivity index (χ1n) is 13.2. The summed E-state index contributed by atoms with van der Waals surface area (Å²) in [6.45, 7) is 8.78. The maximum Gasteiger partial charge on any atom is 0.405 e. The minimum atomic E-state index is -1.37. The lowest BCUT2D eigenvalue weighted by Crippen LogP contribution is -2.58. The normalized spacial score (nSPS) is 13.2. The van der Waals surface area contributed by atoms with Crippen LogP contribution in [0.5, 0.6) is 0 Å². The number of anilines is 1. The fraction of sp³-hybridized carbons (Fsp3) is 0.481. The van der Waals surface area contributed by atoms with E-state index in [1.165, 1.54) is 12.1 Å². The summed E-state index contributed by atoms with van der Waals surface area (Å²) in [5, 5.41) is 29.9. The Morgan fingerprint density at radius 1 is 0.951 bits per heavy atom. The summed E-state index contributed by atoms with van der Waals surface area (Å²) in [6, 6.07) is 3.02. The van der Waals surface area contributed by atoms with Gasteiger partial charge in [0.05, 0.1) is 0 Å². The van der Waals surface area contributed by atoms with Crippen LogP contribution in [-0.4, -0.2) is 59.6 Å². The first-order chi connectivity index (χ1) is 19.2. The number of rotatable bonds is 13. The minimum absolute atomic E-state index is 0.160. The van der Waals surface area contributed by atoms with Gasteiger partial charge < -0.3 is 41.8 Å². The Kier molecular flexibility index (Phi) is 11.7. The topological polar surface area (TPSA) is 229 Å². The number of nitrogens with two attached hydrogens (primary N) is 1. The van der Waals surface area contributed by atoms with Crippen molar-refractivity contribution < 1.29 is 28.7 Å². The van der Waals surface area contributed by atoms with Gasteiger partial charge in [-0.05, 0) is 49.3 Å². The number of benzene rings is 1. The molecule has 2 aromatic rings. The molecule has 2 rings (SSSR count). The van der Waals surface area contributed by atoms with Crippen molar-refractivity contribution in [3.63, 3.8) is 0 Å². The van der Waals surface area contributed by atoms with Crippen molar-refractivity contribution in [3.8, 4) is 0 Å². The summed E-state index contributed by atoms with van der Waals surface area (Å²) in [6.07, 6.45) is -0.850. The maximum atomic E-state index is 13.3. The van der Waals surface area contributed by atoms with Gasteiger partial charge in [-0.25, -0.2) is 9.59 Å². The number of guanidine groups is 1. The lowest BCUT2D eigenvalue weighted by atomic mass is 9.99. The van der Waals surface area contributed by atoms with E-state index in [2.05, 4.69) is 26.6 Å². The van der Waals surface area contributed by atoms with Crippen molar-refractivity contribution in [2.45, 2.75) is 65.6 Å². The number of carbonyl (C=O) groups is 4. The number of amides is 4. The van der Waals surface area contributed by atoms with E-state index in [0.29, 0.717) is 17.5 Å². The van der Waals surface area contributed by atoms with Gasteiger partial charge in [0.25, 0.3) is 0 Å². The Morgan fingerprint density at radius 3 is 2.15 bits per heavy atom. The fourth-order valence-corrected chi connectivity index (χ4v) is 4.14. The molecule has 0 aliphatic rings. The van der Waals surface area contributed by atoms with Crippen molar-refractivity contribution in [1.29, 1.82) is 5.41 Å². The minimum Gasteiger partial charge on any atom is -0.465 e. The molecular formula is C27H39N7O7. The SMILES string of the molecule is Cc1cc(=O)oc2cc(NC(=O)[C@H](CCCNC(=N)N)NC(=O)[C@@H](NC(=O)[C@@H](NC(=O)O)C(C)C)C(C)C)ccc12. The predicted molar refractivity (Wildman–Crippen MR) is 153 cm³/mol. The fourth-order valence-electron chi connectivity index (χ4n) is 4.14. The average Bonchev–Trinajstić information content (AvgIpc) is 2.86. The lowest BCUT2D eigenvalue weighted by Gasteiger charge is -2.28. The number of fused-ring (bicyclic) bond motifs is 1. The van der Waals surface area contributed by atoms with Gasteiger partial charge in [0.1, 0.15) is 23.7 Å². The largest absolute Gasteiger partial charge is 0.465 e. The zero-order valence-electron chi connectivity index (χ0n) is 23.8. The highest BCUT2D eigenvalue weighted by Gasteiger charge is 2.32. The second-order valence-electron chi connectivity index (χ2n) is 10.4. The number of carbonyl (C=O) groups excluding carboxylic acids is 3. The zero-order chi connectivity index (χ0) is 30.9. The van der Waals surface area contributed by atoms with Crippen molar-refractivity contribution in [2.24, 2.45) is 17.6 Å². The molecule has 0 aliphatic heterocycles. The second-order valence-corrected chi connectivity index (χ2v) is 10.4. The van der Waals surface area contributed by atoms with E-state index in [9.17, 15) is 24.0 Å². The van der Waals surface area contributed by atoms with Crippen molar-refractivity contribution in [2.75, 3.05) is 11.9 Å². The summed E-state index contributed by atoms with van der Waals surface area (Å²) in [4.78, 5) is 62.5. The summed E-state index contributed by atoms with van der Waals surface area (Å²) in [7, 11) is 0. The molecule has 0 fully saturated rings. The summed E-state index contributed by atoms with van der Waals surface area (Å²) >= 11 is 0. The molecule has 0 saturated carbocycles. The third kappa shape index (κ3) is 9.81. The predicted octanol–water partition coefficient (Wildman–Crippen LogP) is 1.22. The van der Waals surface area contributed by atoms with Crippen molar-refractivity contribution >= 4 is 46.4 Å². The second kappa shape index (κ2) is 14.7. The summed E-state index contributed by atoms with van der Waals surface area (Å²) in [5.41, 5.74) is 6.14. The molecule has 1 aromatic heterocycles. The smallest absolute Gasteiger partial charge is 0.405 e. The molecule has 41 heavy (non-hydrogen) atoms. The highest BCUT2D eigenvalue weighted by Crippen LogP contribution is 2.21. The third-order valence-electron chi connectivity index (χ3n) is 6.31. The highest BCUT2D eigenvalue weighted by molar-refractivity contribution is 6.00. The van der Waals surface area contributed by atoms with Crippen LogP contribution in [0, 0.1) is 24.2 Å². The zero-order valence-corrected chi connectivity index (χ0v) is 23.8. The molecule has 0 aliphatic carbocycles. The molecule has 0 radical (unpaired) electrons. The van der Waals surface area contributed by atoms with Crippen LogP contribution < -0.4 is 37.9 Å². The van der Waals surface area contributed by atoms with Crippen LogP contribution in [0.15, 0.2) is 33.5 Å². The number of hydrogen-bond acceptors (Lipinski definition) is 7. The maximum absolute atomic E-state index is 13.3. The van der Waals surface area contributed by atoms with E-state index in [-0.39, 0.29) is 30.4 Å². The van der Waals surface area contributed by atoms with E-state index in [0.717, 1.165) is 5.56 Å². The van der Waals surface area contributed by atoms with E-state index in [4.69, 9.17) is 20.7 Å². The van der Waals surface area contributed by atoms with E-state index in [1.807, 2.05) is 0 Å². The van der Waals surface area contributed by atoms with Crippen LogP contribution in [0.1, 0.15) is 46.1 Å². The number of nitrogens with one attached hydrogen (secondary N) is 6. The molecule has 0 unspecified atom stereocenters. The van der Waals surface area contributed by atoms with Crippen LogP contribution >= 0.6 is 0 Å². The molecule has 0 bridgehead atoms. The van der Waals surface area contributed by atoms with Gasteiger partial charge in [-0.15, -0.1) is 0 Å². The van der Waals surface area contributed by atoms with Gasteiger partial charge in [0.2, 0.25) is 17.7 Å². The first kappa shape index (κ1) is 32.6. The molecular weight excluding hydrogens is 534 g/mol. The summed E-state index contributed by atoms with van der Waals surface area (Å²) in [5.74, 6) is -2.88. The Morgan fingerprint density at radius 2 is 1.56 bits per heavy atom.